The second kappa shape index (κ2) is 69.6. The van der Waals surface area contributed by atoms with E-state index in [1.807, 2.05) is 0 Å². The number of hydrogen-bond donors (Lipinski definition) is 10. The zero-order chi connectivity index (χ0) is 84.7. The van der Waals surface area contributed by atoms with E-state index in [1.165, 1.54) is 173 Å². The van der Waals surface area contributed by atoms with Crippen molar-refractivity contribution in [3.05, 3.63) is 12.2 Å². The molecule has 2 heterocycles. The van der Waals surface area contributed by atoms with E-state index in [1.54, 1.807) is 0 Å². The molecule has 18 atom stereocenters. The fraction of sp³-hybridized carbons (Fsp3) is 0.933. The predicted octanol–water partition coefficient (Wildman–Crippen LogP) is 17.2. The second-order valence-electron chi connectivity index (χ2n) is 33.5. The molecular formula is C90H167O25P. The maximum Gasteiger partial charge on any atom is 0.472 e. The van der Waals surface area contributed by atoms with Crippen LogP contribution in [0, 0.1) is 0 Å². The van der Waals surface area contributed by atoms with Gasteiger partial charge in [-0.2, -0.15) is 0 Å². The number of hydrogen-bond acceptors (Lipinski definition) is 24. The van der Waals surface area contributed by atoms with Crippen LogP contribution in [0.2, 0.25) is 0 Å². The Morgan fingerprint density at radius 1 is 0.336 bits per heavy atom. The smallest absolute Gasteiger partial charge is 0.463 e. The number of carbonyl (C=O) groups is 4. The molecule has 2 aliphatic heterocycles. The number of rotatable bonds is 76. The highest BCUT2D eigenvalue weighted by atomic mass is 31.2. The van der Waals surface area contributed by atoms with Gasteiger partial charge in [0, 0.05) is 25.7 Å². The number of carbonyl (C=O) groups excluding carboxylic acids is 4. The molecule has 1 saturated carbocycles. The third-order valence-corrected chi connectivity index (χ3v) is 24.0. The number of unbranched alkanes of at least 4 members (excludes halogenated alkanes) is 50. The molecule has 0 aromatic rings. The second-order valence-corrected chi connectivity index (χ2v) is 34.9. The lowest BCUT2D eigenvalue weighted by molar-refractivity contribution is -0.360. The summed E-state index contributed by atoms with van der Waals surface area (Å²) in [5.74, 6) is -2.95. The first-order chi connectivity index (χ1) is 56.2. The van der Waals surface area contributed by atoms with E-state index in [-0.39, 0.29) is 25.7 Å². The molecule has 0 radical (unpaired) electrons. The minimum Gasteiger partial charge on any atom is -0.463 e. The Labute approximate surface area is 699 Å². The van der Waals surface area contributed by atoms with Gasteiger partial charge < -0.3 is 88.7 Å². The zero-order valence-electron chi connectivity index (χ0n) is 72.6. The molecule has 116 heavy (non-hydrogen) atoms. The number of phosphoric acid groups is 1. The summed E-state index contributed by atoms with van der Waals surface area (Å²) in [4.78, 5) is 66.4. The first-order valence-electron chi connectivity index (χ1n) is 46.9. The maximum absolute atomic E-state index is 14.9. The highest BCUT2D eigenvalue weighted by molar-refractivity contribution is 7.47. The Bertz CT molecular complexity index is 2460. The van der Waals surface area contributed by atoms with Crippen LogP contribution in [0.15, 0.2) is 12.2 Å². The van der Waals surface area contributed by atoms with Crippen molar-refractivity contribution in [3.8, 4) is 0 Å². The largest absolute Gasteiger partial charge is 0.472 e. The Hall–Kier alpha value is -2.79. The summed E-state index contributed by atoms with van der Waals surface area (Å²) >= 11 is 0. The summed E-state index contributed by atoms with van der Waals surface area (Å²) in [6, 6.07) is 0. The maximum atomic E-state index is 14.9. The van der Waals surface area contributed by atoms with E-state index < -0.39 is 162 Å². The normalized spacial score (nSPS) is 25.2. The predicted molar refractivity (Wildman–Crippen MR) is 449 cm³/mol. The summed E-state index contributed by atoms with van der Waals surface area (Å²) in [5, 5.41) is 102. The minimum atomic E-state index is -5.80. The van der Waals surface area contributed by atoms with Crippen LogP contribution >= 0.6 is 7.82 Å². The number of allylic oxidation sites excluding steroid dienone is 2. The van der Waals surface area contributed by atoms with Gasteiger partial charge in [-0.05, 0) is 51.4 Å². The van der Waals surface area contributed by atoms with Gasteiger partial charge in [0.05, 0.1) is 13.2 Å². The number of esters is 4. The molecule has 3 fully saturated rings. The molecule has 1 aliphatic carbocycles. The summed E-state index contributed by atoms with van der Waals surface area (Å²) < 4.78 is 73.4. The van der Waals surface area contributed by atoms with Crippen LogP contribution in [0.1, 0.15) is 407 Å². The Balaban J connectivity index is 1.92. The highest BCUT2D eigenvalue weighted by Gasteiger charge is 2.60. The van der Waals surface area contributed by atoms with Gasteiger partial charge in [0.15, 0.2) is 24.8 Å². The van der Waals surface area contributed by atoms with Gasteiger partial charge in [-0.25, -0.2) is 4.57 Å². The van der Waals surface area contributed by atoms with Crippen molar-refractivity contribution in [2.24, 2.45) is 0 Å². The van der Waals surface area contributed by atoms with Crippen LogP contribution in [-0.2, 0) is 70.7 Å². The molecule has 0 aromatic carbocycles. The first kappa shape index (κ1) is 107. The van der Waals surface area contributed by atoms with Crippen molar-refractivity contribution in [2.75, 3.05) is 26.4 Å². The van der Waals surface area contributed by atoms with E-state index in [0.717, 1.165) is 148 Å². The molecule has 3 aliphatic rings. The van der Waals surface area contributed by atoms with Crippen LogP contribution in [0.4, 0.5) is 0 Å². The molecular weight excluding hydrogens is 1510 g/mol. The zero-order valence-corrected chi connectivity index (χ0v) is 73.5. The average Bonchev–Trinajstić information content (AvgIpc) is 0.754. The van der Waals surface area contributed by atoms with E-state index >= 15 is 0 Å². The van der Waals surface area contributed by atoms with Gasteiger partial charge in [-0.3, -0.25) is 28.2 Å². The lowest BCUT2D eigenvalue weighted by Crippen LogP contribution is -2.70. The monoisotopic (exact) mass is 1680 g/mol. The number of aliphatic hydroxyl groups excluding tert-OH is 9. The summed E-state index contributed by atoms with van der Waals surface area (Å²) in [7, 11) is -5.80. The van der Waals surface area contributed by atoms with Gasteiger partial charge in [0.25, 0.3) is 0 Å². The van der Waals surface area contributed by atoms with Gasteiger partial charge in [-0.1, -0.05) is 342 Å². The highest BCUT2D eigenvalue weighted by Crippen LogP contribution is 2.49. The van der Waals surface area contributed by atoms with Gasteiger partial charge in [-0.15, -0.1) is 0 Å². The number of ether oxygens (including phenoxy) is 8. The van der Waals surface area contributed by atoms with E-state index in [0.29, 0.717) is 32.1 Å². The molecule has 25 nitrogen and oxygen atoms in total. The van der Waals surface area contributed by atoms with E-state index in [4.69, 9.17) is 46.9 Å². The summed E-state index contributed by atoms with van der Waals surface area (Å²) in [6.45, 7) is 5.60. The van der Waals surface area contributed by atoms with Crippen molar-refractivity contribution in [3.63, 3.8) is 0 Å². The van der Waals surface area contributed by atoms with Crippen LogP contribution < -0.4 is 0 Å². The van der Waals surface area contributed by atoms with Crippen molar-refractivity contribution in [1.82, 2.24) is 0 Å². The molecule has 18 unspecified atom stereocenters. The van der Waals surface area contributed by atoms with Crippen LogP contribution in [0.3, 0.4) is 0 Å². The molecule has 26 heteroatoms. The fourth-order valence-corrected chi connectivity index (χ4v) is 16.5. The van der Waals surface area contributed by atoms with Gasteiger partial charge in [0.2, 0.25) is 0 Å². The number of phosphoric ester groups is 1. The molecule has 10 N–H and O–H groups in total. The van der Waals surface area contributed by atoms with Crippen molar-refractivity contribution >= 4 is 31.7 Å². The third-order valence-electron chi connectivity index (χ3n) is 23.0. The van der Waals surface area contributed by atoms with Gasteiger partial charge in [0.1, 0.15) is 92.6 Å². The SMILES string of the molecule is CCCCCC/C=C\CCCCCCCCCC(=O)OCC(COP(=O)(O)OC1C(OC2OC(CO)C(O)C(O)C2O)C(O)C(O)C(OC(=O)CCCCCCCCCCCCCCCCCC)C1OC1OC(COC(=O)CCCCCCCCCCCCCCC)C(O)C(O)C1O)OC(=O)CCCCCCCCCCCCCCC. The molecule has 0 aromatic heterocycles. The van der Waals surface area contributed by atoms with Crippen LogP contribution in [-0.4, -0.2) is 205 Å². The molecule has 0 amide bonds. The van der Waals surface area contributed by atoms with E-state index in [2.05, 4.69) is 39.8 Å². The van der Waals surface area contributed by atoms with Crippen LogP contribution in [0.5, 0.6) is 0 Å². The van der Waals surface area contributed by atoms with Crippen molar-refractivity contribution < 1.29 is 122 Å². The Kier molecular flexibility index (Phi) is 64.4. The molecule has 2 saturated heterocycles. The van der Waals surface area contributed by atoms with Crippen molar-refractivity contribution in [1.29, 1.82) is 0 Å². The Morgan fingerprint density at radius 2 is 0.647 bits per heavy atom. The minimum absolute atomic E-state index is 0.0186. The molecule has 682 valence electrons. The van der Waals surface area contributed by atoms with Crippen molar-refractivity contribution in [2.45, 2.75) is 511 Å². The standard InChI is InChI=1S/C90H167O25P/c1-5-9-13-17-21-25-29-33-35-37-41-45-49-53-57-61-65-76(95)112-85-81(100)82(101)86(113-89-83(102)79(98)77(96)71(66-91)110-89)88(87(85)114-90-84(103)80(99)78(97)72(111-90)69-107-74(93)63-59-55-51-47-42-38-31-27-23-19-15-11-7-3)115-116(104,105)108-68-70(109-75(94)64-60-56-52-48-44-39-32-28-24-20-16-12-8-4)67-106-73(92)62-58-54-50-46-43-40-36-34-30-26-22-18-14-10-6-2/h26,30,70-72,77-91,96-103H,5-25,27-29,31-69H2,1-4H3,(H,104,105)/b30-26-. The lowest BCUT2D eigenvalue weighted by atomic mass is 9.84. The third kappa shape index (κ3) is 49.5. The number of aliphatic hydroxyl groups is 9. The first-order valence-corrected chi connectivity index (χ1v) is 48.4. The topological polar surface area (TPSA) is 380 Å². The quantitative estimate of drug-likeness (QED) is 0.00889. The molecule has 3 rings (SSSR count). The Morgan fingerprint density at radius 3 is 1.03 bits per heavy atom. The molecule has 0 spiro atoms. The summed E-state index contributed by atoms with van der Waals surface area (Å²) in [6.07, 6.45) is 27.7. The van der Waals surface area contributed by atoms with E-state index in [9.17, 15) is 74.6 Å². The lowest BCUT2D eigenvalue weighted by Gasteiger charge is -2.50. The summed E-state index contributed by atoms with van der Waals surface area (Å²) in [5.41, 5.74) is 0. The van der Waals surface area contributed by atoms with Crippen LogP contribution in [0.25, 0.3) is 0 Å². The average molecular weight is 1680 g/mol. The molecule has 0 bridgehead atoms. The van der Waals surface area contributed by atoms with Gasteiger partial charge >= 0.3 is 31.7 Å². The fourth-order valence-electron chi connectivity index (χ4n) is 15.5.